The highest BCUT2D eigenvalue weighted by molar-refractivity contribution is 8.03. The quantitative estimate of drug-likeness (QED) is 0.735. The number of ether oxygens (including phenoxy) is 1. The highest BCUT2D eigenvalue weighted by Crippen LogP contribution is 2.41. The first-order chi connectivity index (χ1) is 13.7. The molecule has 0 radical (unpaired) electrons. The van der Waals surface area contributed by atoms with Crippen molar-refractivity contribution in [1.29, 1.82) is 0 Å². The van der Waals surface area contributed by atoms with Crippen LogP contribution in [0.15, 0.2) is 45.8 Å². The predicted octanol–water partition coefficient (Wildman–Crippen LogP) is 4.77. The van der Waals surface area contributed by atoms with Gasteiger partial charge >= 0.3 is 12.3 Å². The molecule has 1 N–H and O–H groups in total. The highest BCUT2D eigenvalue weighted by atomic mass is 32.2. The van der Waals surface area contributed by atoms with Gasteiger partial charge in [0.05, 0.1) is 16.6 Å². The Morgan fingerprint density at radius 2 is 2.17 bits per heavy atom. The monoisotopic (exact) mass is 426 g/mol. The van der Waals surface area contributed by atoms with Gasteiger partial charge in [0, 0.05) is 25.4 Å². The van der Waals surface area contributed by atoms with Gasteiger partial charge in [0.15, 0.2) is 0 Å². The number of carboxylic acids is 1. The number of halogens is 3. The van der Waals surface area contributed by atoms with Crippen LogP contribution in [0.5, 0.6) is 5.75 Å². The van der Waals surface area contributed by atoms with Crippen LogP contribution in [0.2, 0.25) is 0 Å². The zero-order chi connectivity index (χ0) is 21.2. The van der Waals surface area contributed by atoms with Gasteiger partial charge in [-0.15, -0.1) is 24.9 Å². The lowest BCUT2D eigenvalue weighted by atomic mass is 9.90. The van der Waals surface area contributed by atoms with Crippen LogP contribution >= 0.6 is 11.8 Å². The number of hydrogen-bond acceptors (Lipinski definition) is 5. The van der Waals surface area contributed by atoms with Crippen LogP contribution < -0.4 is 4.74 Å². The van der Waals surface area contributed by atoms with Crippen molar-refractivity contribution in [2.75, 3.05) is 13.6 Å². The number of rotatable bonds is 5. The van der Waals surface area contributed by atoms with Crippen molar-refractivity contribution in [1.82, 2.24) is 4.90 Å². The number of allylic oxidation sites excluding steroid dienone is 1. The summed E-state index contributed by atoms with van der Waals surface area (Å²) in [6.45, 7) is 2.40. The molecule has 1 aromatic rings. The van der Waals surface area contributed by atoms with Gasteiger partial charge in [0.25, 0.3) is 0 Å². The molecule has 0 amide bonds. The highest BCUT2D eigenvalue weighted by Gasteiger charge is 2.32. The molecular formula is C20H21F3N2O3S. The molecule has 0 aromatic heterocycles. The van der Waals surface area contributed by atoms with Crippen molar-refractivity contribution < 1.29 is 27.8 Å². The number of carboxylic acid groups (broad SMARTS) is 1. The van der Waals surface area contributed by atoms with E-state index in [9.17, 15) is 23.1 Å². The molecule has 0 saturated carbocycles. The van der Waals surface area contributed by atoms with Crippen molar-refractivity contribution in [2.45, 2.75) is 31.5 Å². The number of thioether (sulfide) groups is 1. The van der Waals surface area contributed by atoms with Gasteiger partial charge < -0.3 is 14.7 Å². The first kappa shape index (κ1) is 21.3. The van der Waals surface area contributed by atoms with Gasteiger partial charge in [-0.25, -0.2) is 4.79 Å². The van der Waals surface area contributed by atoms with E-state index in [-0.39, 0.29) is 22.6 Å². The largest absolute Gasteiger partial charge is 0.573 e. The van der Waals surface area contributed by atoms with Gasteiger partial charge in [-0.05, 0) is 43.2 Å². The predicted molar refractivity (Wildman–Crippen MR) is 107 cm³/mol. The summed E-state index contributed by atoms with van der Waals surface area (Å²) in [5, 5.41) is 11.4. The SMILES string of the molecule is CC1=C(C(=O)O)C=NCCC1CC1SC=C(c2cccc(OC(F)(F)F)c2)N1C. The third-order valence-electron chi connectivity index (χ3n) is 5.09. The van der Waals surface area contributed by atoms with Crippen LogP contribution in [0.1, 0.15) is 25.3 Å². The average Bonchev–Trinajstić information content (AvgIpc) is 2.88. The second kappa shape index (κ2) is 8.52. The van der Waals surface area contributed by atoms with Crippen LogP contribution in [0.4, 0.5) is 13.2 Å². The number of benzene rings is 1. The number of hydrogen-bond donors (Lipinski definition) is 1. The molecular weight excluding hydrogens is 405 g/mol. The maximum Gasteiger partial charge on any atom is 0.573 e. The summed E-state index contributed by atoms with van der Waals surface area (Å²) in [5.74, 6) is -1.18. The molecule has 2 aliphatic rings. The molecule has 156 valence electrons. The van der Waals surface area contributed by atoms with E-state index >= 15 is 0 Å². The molecule has 2 aliphatic heterocycles. The molecule has 0 bridgehead atoms. The molecule has 9 heteroatoms. The lowest BCUT2D eigenvalue weighted by molar-refractivity contribution is -0.274. The third-order valence-corrected chi connectivity index (χ3v) is 6.28. The summed E-state index contributed by atoms with van der Waals surface area (Å²) in [6, 6.07) is 5.90. The number of alkyl halides is 3. The summed E-state index contributed by atoms with van der Waals surface area (Å²) in [5.41, 5.74) is 2.48. The fraction of sp³-hybridized carbons (Fsp3) is 0.400. The minimum Gasteiger partial charge on any atom is -0.478 e. The van der Waals surface area contributed by atoms with Crippen molar-refractivity contribution >= 4 is 29.6 Å². The first-order valence-electron chi connectivity index (χ1n) is 9.04. The van der Waals surface area contributed by atoms with Crippen LogP contribution in [0.3, 0.4) is 0 Å². The maximum atomic E-state index is 12.5. The van der Waals surface area contributed by atoms with Gasteiger partial charge in [-0.2, -0.15) is 0 Å². The van der Waals surface area contributed by atoms with Crippen LogP contribution in [-0.4, -0.2) is 47.5 Å². The lowest BCUT2D eigenvalue weighted by Crippen LogP contribution is -2.27. The second-order valence-corrected chi connectivity index (χ2v) is 7.99. The Hall–Kier alpha value is -2.42. The van der Waals surface area contributed by atoms with E-state index in [1.54, 1.807) is 17.8 Å². The lowest BCUT2D eigenvalue weighted by Gasteiger charge is -2.28. The molecule has 0 aliphatic carbocycles. The van der Waals surface area contributed by atoms with E-state index in [0.29, 0.717) is 18.5 Å². The summed E-state index contributed by atoms with van der Waals surface area (Å²) in [6.07, 6.45) is -1.84. The number of nitrogens with zero attached hydrogens (tertiary/aromatic N) is 2. The Balaban J connectivity index is 1.73. The van der Waals surface area contributed by atoms with Crippen LogP contribution in [-0.2, 0) is 4.79 Å². The average molecular weight is 426 g/mol. The molecule has 1 aromatic carbocycles. The Morgan fingerprint density at radius 1 is 1.41 bits per heavy atom. The second-order valence-electron chi connectivity index (χ2n) is 6.94. The summed E-state index contributed by atoms with van der Waals surface area (Å²) in [4.78, 5) is 17.6. The molecule has 3 rings (SSSR count). The van der Waals surface area contributed by atoms with Crippen molar-refractivity contribution in [3.8, 4) is 5.75 Å². The molecule has 0 fully saturated rings. The molecule has 5 nitrogen and oxygen atoms in total. The molecule has 0 saturated heterocycles. The van der Waals surface area contributed by atoms with Gasteiger partial charge in [0.2, 0.25) is 0 Å². The Labute approximate surface area is 170 Å². The number of aliphatic carboxylic acids is 1. The molecule has 0 spiro atoms. The van der Waals surface area contributed by atoms with Crippen LogP contribution in [0.25, 0.3) is 5.70 Å². The third kappa shape index (κ3) is 5.14. The van der Waals surface area contributed by atoms with E-state index in [1.165, 1.54) is 24.4 Å². The smallest absolute Gasteiger partial charge is 0.478 e. The van der Waals surface area contributed by atoms with E-state index in [2.05, 4.69) is 9.73 Å². The normalized spacial score (nSPS) is 22.5. The van der Waals surface area contributed by atoms with Gasteiger partial charge in [-0.3, -0.25) is 4.99 Å². The van der Waals surface area contributed by atoms with E-state index < -0.39 is 12.3 Å². The molecule has 29 heavy (non-hydrogen) atoms. The summed E-state index contributed by atoms with van der Waals surface area (Å²) >= 11 is 1.57. The maximum absolute atomic E-state index is 12.5. The fourth-order valence-corrected chi connectivity index (χ4v) is 4.72. The Kier molecular flexibility index (Phi) is 6.26. The Bertz CT molecular complexity index is 880. The van der Waals surface area contributed by atoms with Gasteiger partial charge in [-0.1, -0.05) is 17.7 Å². The summed E-state index contributed by atoms with van der Waals surface area (Å²) in [7, 11) is 1.89. The standard InChI is InChI=1S/C20H21F3N2O3S/c1-12-13(6-7-24-10-16(12)19(26)27)9-18-25(2)17(11-29-18)14-4-3-5-15(8-14)28-20(21,22)23/h3-5,8,10-11,13,18H,6-7,9H2,1-2H3,(H,26,27). The first-order valence-corrected chi connectivity index (χ1v) is 9.98. The minimum absolute atomic E-state index is 0.0466. The summed E-state index contributed by atoms with van der Waals surface area (Å²) < 4.78 is 41.5. The molecule has 2 unspecified atom stereocenters. The van der Waals surface area contributed by atoms with Crippen molar-refractivity contribution in [3.05, 3.63) is 46.4 Å². The minimum atomic E-state index is -4.74. The zero-order valence-corrected chi connectivity index (χ0v) is 16.8. The van der Waals surface area contributed by atoms with Crippen LogP contribution in [0, 0.1) is 5.92 Å². The van der Waals surface area contributed by atoms with Gasteiger partial charge in [0.1, 0.15) is 5.75 Å². The zero-order valence-electron chi connectivity index (χ0n) is 15.9. The Morgan fingerprint density at radius 3 is 2.86 bits per heavy atom. The number of carbonyl (C=O) groups is 1. The molecule has 2 heterocycles. The van der Waals surface area contributed by atoms with E-state index in [0.717, 1.165) is 17.7 Å². The van der Waals surface area contributed by atoms with E-state index in [1.807, 2.05) is 24.3 Å². The van der Waals surface area contributed by atoms with Crippen molar-refractivity contribution in [3.63, 3.8) is 0 Å². The van der Waals surface area contributed by atoms with Crippen molar-refractivity contribution in [2.24, 2.45) is 10.9 Å². The number of aliphatic imine (C=N–C) groups is 1. The fourth-order valence-electron chi connectivity index (χ4n) is 3.50. The topological polar surface area (TPSA) is 62.1 Å². The van der Waals surface area contributed by atoms with E-state index in [4.69, 9.17) is 0 Å². The molecule has 2 atom stereocenters.